The lowest BCUT2D eigenvalue weighted by Crippen LogP contribution is -2.48. The van der Waals surface area contributed by atoms with Crippen molar-refractivity contribution >= 4 is 17.8 Å². The summed E-state index contributed by atoms with van der Waals surface area (Å²) < 4.78 is 39.7. The van der Waals surface area contributed by atoms with Crippen LogP contribution in [0.25, 0.3) is 6.08 Å². The van der Waals surface area contributed by atoms with Crippen molar-refractivity contribution in [3.63, 3.8) is 0 Å². The van der Waals surface area contributed by atoms with Crippen LogP contribution in [0.15, 0.2) is 65.8 Å². The third kappa shape index (κ3) is 5.16. The van der Waals surface area contributed by atoms with Gasteiger partial charge in [-0.25, -0.2) is 4.79 Å². The van der Waals surface area contributed by atoms with E-state index in [2.05, 4.69) is 0 Å². The molecule has 0 radical (unpaired) electrons. The summed E-state index contributed by atoms with van der Waals surface area (Å²) in [6, 6.07) is 5.00. The van der Waals surface area contributed by atoms with E-state index in [0.29, 0.717) is 5.57 Å². The first-order valence-electron chi connectivity index (χ1n) is 9.18. The minimum atomic E-state index is -4.55. The molecule has 0 fully saturated rings. The molecule has 1 aromatic carbocycles. The van der Waals surface area contributed by atoms with E-state index < -0.39 is 28.7 Å². The minimum absolute atomic E-state index is 0.0199. The summed E-state index contributed by atoms with van der Waals surface area (Å²) in [7, 11) is 0. The maximum Gasteiger partial charge on any atom is 0.416 e. The van der Waals surface area contributed by atoms with E-state index >= 15 is 0 Å². The number of hydrogen-bond donors (Lipinski definition) is 2. The number of allylic oxidation sites excluding steroid dienone is 3. The molecule has 7 heteroatoms. The molecular formula is C23H23F3O4. The fourth-order valence-corrected chi connectivity index (χ4v) is 3.37. The predicted molar refractivity (Wildman–Crippen MR) is 107 cm³/mol. The highest BCUT2D eigenvalue weighted by Gasteiger charge is 2.47. The molecule has 1 aromatic rings. The highest BCUT2D eigenvalue weighted by atomic mass is 19.4. The van der Waals surface area contributed by atoms with Crippen LogP contribution in [0, 0.1) is 5.41 Å². The predicted octanol–water partition coefficient (Wildman–Crippen LogP) is 4.96. The van der Waals surface area contributed by atoms with Gasteiger partial charge >= 0.3 is 12.1 Å². The first-order valence-corrected chi connectivity index (χ1v) is 9.18. The van der Waals surface area contributed by atoms with Gasteiger partial charge in [-0.15, -0.1) is 0 Å². The number of carbonyl (C=O) groups excluding carboxylic acids is 1. The molecule has 4 nitrogen and oxygen atoms in total. The van der Waals surface area contributed by atoms with E-state index in [1.807, 2.05) is 0 Å². The minimum Gasteiger partial charge on any atom is -0.478 e. The van der Waals surface area contributed by atoms with Gasteiger partial charge in [-0.3, -0.25) is 4.79 Å². The molecule has 2 rings (SSSR count). The van der Waals surface area contributed by atoms with E-state index in [4.69, 9.17) is 5.11 Å². The number of carboxylic acids is 1. The monoisotopic (exact) mass is 420 g/mol. The van der Waals surface area contributed by atoms with Crippen LogP contribution in [-0.2, 0) is 15.8 Å². The van der Waals surface area contributed by atoms with Crippen LogP contribution >= 0.6 is 0 Å². The molecule has 1 aliphatic rings. The lowest BCUT2D eigenvalue weighted by molar-refractivity contribution is -0.137. The van der Waals surface area contributed by atoms with E-state index in [-0.39, 0.29) is 23.3 Å². The zero-order valence-corrected chi connectivity index (χ0v) is 16.8. The zero-order valence-electron chi connectivity index (χ0n) is 16.8. The van der Waals surface area contributed by atoms with Gasteiger partial charge in [0.15, 0.2) is 5.78 Å². The third-order valence-corrected chi connectivity index (χ3v) is 5.05. The Bertz CT molecular complexity index is 965. The van der Waals surface area contributed by atoms with Crippen LogP contribution in [0.1, 0.15) is 38.3 Å². The normalized spacial score (nSPS) is 22.6. The molecule has 0 aliphatic heterocycles. The molecule has 160 valence electrons. The van der Waals surface area contributed by atoms with E-state index in [1.165, 1.54) is 55.5 Å². The van der Waals surface area contributed by atoms with Gasteiger partial charge in [-0.1, -0.05) is 50.3 Å². The molecule has 1 aliphatic carbocycles. The molecule has 30 heavy (non-hydrogen) atoms. The van der Waals surface area contributed by atoms with Gasteiger partial charge in [0, 0.05) is 17.9 Å². The summed E-state index contributed by atoms with van der Waals surface area (Å²) in [6.07, 6.45) is 2.93. The molecule has 0 amide bonds. The molecule has 0 saturated carbocycles. The Morgan fingerprint density at radius 1 is 1.17 bits per heavy atom. The Labute approximate surface area is 172 Å². The fourth-order valence-electron chi connectivity index (χ4n) is 3.37. The van der Waals surface area contributed by atoms with Crippen LogP contribution in [-0.4, -0.2) is 27.6 Å². The van der Waals surface area contributed by atoms with Crippen molar-refractivity contribution in [2.75, 3.05) is 0 Å². The fraction of sp³-hybridized carbons (Fsp3) is 0.304. The van der Waals surface area contributed by atoms with Crippen LogP contribution < -0.4 is 0 Å². The summed E-state index contributed by atoms with van der Waals surface area (Å²) in [5.74, 6) is -1.42. The average Bonchev–Trinajstić information content (AvgIpc) is 2.60. The molecule has 0 spiro atoms. The summed E-state index contributed by atoms with van der Waals surface area (Å²) in [5, 5.41) is 20.3. The Morgan fingerprint density at radius 2 is 1.80 bits per heavy atom. The Morgan fingerprint density at radius 3 is 2.40 bits per heavy atom. The quantitative estimate of drug-likeness (QED) is 0.521. The second-order valence-corrected chi connectivity index (χ2v) is 7.87. The number of carboxylic acid groups (broad SMARTS) is 1. The summed E-state index contributed by atoms with van der Waals surface area (Å²) in [6.45, 7) is 4.86. The molecule has 2 N–H and O–H groups in total. The number of carbonyl (C=O) groups is 2. The van der Waals surface area contributed by atoms with Gasteiger partial charge < -0.3 is 10.2 Å². The topological polar surface area (TPSA) is 74.6 Å². The van der Waals surface area contributed by atoms with Gasteiger partial charge in [0.2, 0.25) is 0 Å². The average molecular weight is 420 g/mol. The molecule has 0 unspecified atom stereocenters. The van der Waals surface area contributed by atoms with Crippen molar-refractivity contribution in [3.05, 3.63) is 76.9 Å². The van der Waals surface area contributed by atoms with Crippen molar-refractivity contribution in [2.45, 2.75) is 39.0 Å². The highest BCUT2D eigenvalue weighted by Crippen LogP contribution is 2.45. The van der Waals surface area contributed by atoms with Crippen LogP contribution in [0.4, 0.5) is 13.2 Å². The second-order valence-electron chi connectivity index (χ2n) is 7.87. The number of rotatable bonds is 5. The number of aliphatic hydroxyl groups is 1. The van der Waals surface area contributed by atoms with Crippen molar-refractivity contribution in [3.8, 4) is 0 Å². The Hall–Kier alpha value is -2.93. The van der Waals surface area contributed by atoms with Crippen molar-refractivity contribution in [2.24, 2.45) is 5.41 Å². The summed E-state index contributed by atoms with van der Waals surface area (Å²) >= 11 is 0. The molecule has 0 saturated heterocycles. The number of ketones is 1. The van der Waals surface area contributed by atoms with Gasteiger partial charge in [0.1, 0.15) is 5.60 Å². The van der Waals surface area contributed by atoms with E-state index in [9.17, 15) is 27.9 Å². The molecule has 1 atom stereocenters. The van der Waals surface area contributed by atoms with E-state index in [1.54, 1.807) is 13.8 Å². The lowest BCUT2D eigenvalue weighted by Gasteiger charge is -2.44. The van der Waals surface area contributed by atoms with Gasteiger partial charge in [0.05, 0.1) is 5.56 Å². The Kier molecular flexibility index (Phi) is 6.57. The Balaban J connectivity index is 2.53. The number of aliphatic carboxylic acids is 1. The number of benzene rings is 1. The van der Waals surface area contributed by atoms with Gasteiger partial charge in [0.25, 0.3) is 0 Å². The molecule has 0 aromatic heterocycles. The maximum absolute atomic E-state index is 13.2. The maximum atomic E-state index is 13.2. The second kappa shape index (κ2) is 8.44. The zero-order chi connectivity index (χ0) is 22.7. The molecule has 0 heterocycles. The third-order valence-electron chi connectivity index (χ3n) is 5.05. The summed E-state index contributed by atoms with van der Waals surface area (Å²) in [4.78, 5) is 23.0. The number of halogens is 3. The smallest absolute Gasteiger partial charge is 0.416 e. The first-order chi connectivity index (χ1) is 13.8. The van der Waals surface area contributed by atoms with E-state index in [0.717, 1.165) is 12.1 Å². The van der Waals surface area contributed by atoms with Crippen molar-refractivity contribution in [1.29, 1.82) is 0 Å². The van der Waals surface area contributed by atoms with Crippen LogP contribution in [0.2, 0.25) is 0 Å². The number of hydrogen-bond acceptors (Lipinski definition) is 3. The lowest BCUT2D eigenvalue weighted by atomic mass is 9.64. The van der Waals surface area contributed by atoms with Crippen LogP contribution in [0.5, 0.6) is 0 Å². The van der Waals surface area contributed by atoms with Gasteiger partial charge in [-0.05, 0) is 41.9 Å². The first kappa shape index (κ1) is 23.3. The highest BCUT2D eigenvalue weighted by molar-refractivity contribution is 5.94. The molecular weight excluding hydrogens is 397 g/mol. The molecule has 0 bridgehead atoms. The SMILES string of the molecule is CC(=C/C(=O)O)/C=C/[C@@]1(O)C(/C=C/c2ccccc2C(F)(F)F)=CC(=O)CC1(C)C. The van der Waals surface area contributed by atoms with Crippen molar-refractivity contribution in [1.82, 2.24) is 0 Å². The van der Waals surface area contributed by atoms with Crippen molar-refractivity contribution < 1.29 is 33.0 Å². The van der Waals surface area contributed by atoms with Gasteiger partial charge in [-0.2, -0.15) is 13.2 Å². The largest absolute Gasteiger partial charge is 0.478 e. The summed E-state index contributed by atoms with van der Waals surface area (Å²) in [5.41, 5.74) is -3.12. The standard InChI is InChI=1S/C23H23F3O4/c1-15(12-20(28)29)10-11-22(30)17(13-18(27)14-21(22,2)3)9-8-16-6-4-5-7-19(16)23(24,25)26/h4-13,30H,14H2,1-3H3,(H,28,29)/b9-8+,11-10+,15-12-/t22-/m1/s1. The van der Waals surface area contributed by atoms with Crippen LogP contribution in [0.3, 0.4) is 0 Å². The number of alkyl halides is 3.